The van der Waals surface area contributed by atoms with Gasteiger partial charge in [0.15, 0.2) is 5.69 Å². The van der Waals surface area contributed by atoms with Gasteiger partial charge >= 0.3 is 0 Å². The lowest BCUT2D eigenvalue weighted by Crippen LogP contribution is -2.31. The maximum Gasteiger partial charge on any atom is 0.273 e. The van der Waals surface area contributed by atoms with Crippen molar-refractivity contribution in [3.8, 4) is 0 Å². The van der Waals surface area contributed by atoms with Gasteiger partial charge in [-0.15, -0.1) is 5.10 Å². The van der Waals surface area contributed by atoms with Gasteiger partial charge in [-0.05, 0) is 25.4 Å². The molecule has 1 aromatic heterocycles. The Morgan fingerprint density at radius 1 is 1.63 bits per heavy atom. The topological polar surface area (TPSA) is 89.1 Å². The second kappa shape index (κ2) is 6.63. The van der Waals surface area contributed by atoms with E-state index in [2.05, 4.69) is 27.5 Å². The monoisotopic (exact) mass is 266 g/mol. The Morgan fingerprint density at radius 3 is 3.16 bits per heavy atom. The number of carbonyl (C=O) groups is 1. The maximum absolute atomic E-state index is 11.9. The van der Waals surface area contributed by atoms with Crippen molar-refractivity contribution in [1.29, 1.82) is 0 Å². The fraction of sp³-hybridized carbons (Fsp3) is 0.750. The molecule has 106 valence electrons. The molecule has 1 unspecified atom stereocenters. The number of hydrogen-bond donors (Lipinski definition) is 2. The van der Waals surface area contributed by atoms with Gasteiger partial charge in [0.2, 0.25) is 0 Å². The van der Waals surface area contributed by atoms with E-state index in [-0.39, 0.29) is 5.91 Å². The molecule has 1 fully saturated rings. The van der Waals surface area contributed by atoms with E-state index < -0.39 is 0 Å². The van der Waals surface area contributed by atoms with Crippen LogP contribution >= 0.6 is 0 Å². The number of carbonyl (C=O) groups excluding carboxylic acids is 1. The summed E-state index contributed by atoms with van der Waals surface area (Å²) in [4.78, 5) is 14.3. The smallest absolute Gasteiger partial charge is 0.273 e. The molecule has 2 heterocycles. The molecular weight excluding hydrogens is 244 g/mol. The van der Waals surface area contributed by atoms with Crippen molar-refractivity contribution in [3.63, 3.8) is 0 Å². The first-order valence-corrected chi connectivity index (χ1v) is 6.83. The molecule has 1 aliphatic rings. The first-order chi connectivity index (χ1) is 9.22. The van der Waals surface area contributed by atoms with E-state index in [1.807, 2.05) is 0 Å². The molecule has 1 amide bonds. The number of nitrogens with zero attached hydrogens (tertiary/aromatic N) is 4. The highest BCUT2D eigenvalue weighted by atomic mass is 16.2. The largest absolute Gasteiger partial charge is 0.350 e. The van der Waals surface area contributed by atoms with Crippen LogP contribution in [0.5, 0.6) is 0 Å². The summed E-state index contributed by atoms with van der Waals surface area (Å²) < 4.78 is 1.59. The predicted octanol–water partition coefficient (Wildman–Crippen LogP) is -0.692. The number of aromatic nitrogens is 3. The van der Waals surface area contributed by atoms with Crippen LogP contribution in [-0.2, 0) is 6.54 Å². The van der Waals surface area contributed by atoms with Gasteiger partial charge in [-0.1, -0.05) is 12.1 Å². The van der Waals surface area contributed by atoms with Gasteiger partial charge in [-0.25, -0.2) is 0 Å². The second-order valence-corrected chi connectivity index (χ2v) is 4.91. The minimum atomic E-state index is -0.154. The van der Waals surface area contributed by atoms with Gasteiger partial charge in [-0.3, -0.25) is 9.48 Å². The fourth-order valence-electron chi connectivity index (χ4n) is 2.34. The van der Waals surface area contributed by atoms with Crippen molar-refractivity contribution >= 4 is 5.91 Å². The third-order valence-corrected chi connectivity index (χ3v) is 3.50. The van der Waals surface area contributed by atoms with Crippen LogP contribution in [0.25, 0.3) is 0 Å². The van der Waals surface area contributed by atoms with Crippen LogP contribution in [-0.4, -0.2) is 58.5 Å². The van der Waals surface area contributed by atoms with E-state index in [4.69, 9.17) is 5.73 Å². The summed E-state index contributed by atoms with van der Waals surface area (Å²) in [5.74, 6) is 0.390. The van der Waals surface area contributed by atoms with Crippen LogP contribution in [0.3, 0.4) is 0 Å². The summed E-state index contributed by atoms with van der Waals surface area (Å²) in [7, 11) is 0. The normalized spacial score (nSPS) is 19.8. The fourth-order valence-corrected chi connectivity index (χ4v) is 2.34. The number of nitrogens with one attached hydrogen (secondary N) is 1. The molecule has 19 heavy (non-hydrogen) atoms. The van der Waals surface area contributed by atoms with Gasteiger partial charge in [0.05, 0.1) is 12.7 Å². The Kier molecular flexibility index (Phi) is 4.86. The van der Waals surface area contributed by atoms with E-state index in [0.717, 1.165) is 26.1 Å². The standard InChI is InChI=1S/C12H22N6O/c1-2-17-5-3-10(8-17)7-14-12(19)11-9-18(6-4-13)16-15-11/h9-10H,2-8,13H2,1H3,(H,14,19). The summed E-state index contributed by atoms with van der Waals surface area (Å²) in [6.07, 6.45) is 2.78. The number of amides is 1. The predicted molar refractivity (Wildman–Crippen MR) is 71.6 cm³/mol. The maximum atomic E-state index is 11.9. The summed E-state index contributed by atoms with van der Waals surface area (Å²) >= 11 is 0. The third kappa shape index (κ3) is 3.74. The first-order valence-electron chi connectivity index (χ1n) is 6.83. The molecule has 1 aromatic rings. The Balaban J connectivity index is 1.77. The van der Waals surface area contributed by atoms with Crippen molar-refractivity contribution < 1.29 is 4.79 Å². The molecule has 3 N–H and O–H groups in total. The summed E-state index contributed by atoms with van der Waals surface area (Å²) in [6.45, 7) is 7.21. The summed E-state index contributed by atoms with van der Waals surface area (Å²) in [5.41, 5.74) is 5.78. The third-order valence-electron chi connectivity index (χ3n) is 3.50. The van der Waals surface area contributed by atoms with Crippen molar-refractivity contribution in [2.45, 2.75) is 19.9 Å². The highest BCUT2D eigenvalue weighted by Crippen LogP contribution is 2.14. The Bertz CT molecular complexity index is 418. The minimum absolute atomic E-state index is 0.154. The van der Waals surface area contributed by atoms with E-state index in [1.54, 1.807) is 10.9 Å². The Hall–Kier alpha value is -1.47. The average Bonchev–Trinajstić information content (AvgIpc) is 3.05. The molecular formula is C12H22N6O. The van der Waals surface area contributed by atoms with Gasteiger partial charge in [0, 0.05) is 19.6 Å². The van der Waals surface area contributed by atoms with Crippen LogP contribution < -0.4 is 11.1 Å². The second-order valence-electron chi connectivity index (χ2n) is 4.91. The lowest BCUT2D eigenvalue weighted by atomic mass is 10.1. The lowest BCUT2D eigenvalue weighted by molar-refractivity contribution is 0.0942. The molecule has 7 heteroatoms. The molecule has 0 radical (unpaired) electrons. The average molecular weight is 266 g/mol. The van der Waals surface area contributed by atoms with Crippen molar-refractivity contribution in [3.05, 3.63) is 11.9 Å². The Morgan fingerprint density at radius 2 is 2.47 bits per heavy atom. The van der Waals surface area contributed by atoms with E-state index >= 15 is 0 Å². The highest BCUT2D eigenvalue weighted by Gasteiger charge is 2.22. The van der Waals surface area contributed by atoms with Gasteiger partial charge in [0.25, 0.3) is 5.91 Å². The number of rotatable bonds is 6. The van der Waals surface area contributed by atoms with Crippen LogP contribution in [0.15, 0.2) is 6.20 Å². The van der Waals surface area contributed by atoms with Crippen LogP contribution in [0.4, 0.5) is 0 Å². The summed E-state index contributed by atoms with van der Waals surface area (Å²) in [6, 6.07) is 0. The van der Waals surface area contributed by atoms with Gasteiger partial charge < -0.3 is 16.0 Å². The number of likely N-dealkylation sites (tertiary alicyclic amines) is 1. The molecule has 7 nitrogen and oxygen atoms in total. The van der Waals surface area contributed by atoms with Crippen molar-refractivity contribution in [1.82, 2.24) is 25.2 Å². The van der Waals surface area contributed by atoms with Crippen LogP contribution in [0, 0.1) is 5.92 Å². The van der Waals surface area contributed by atoms with Crippen molar-refractivity contribution in [2.24, 2.45) is 11.7 Å². The molecule has 0 aromatic carbocycles. The minimum Gasteiger partial charge on any atom is -0.350 e. The lowest BCUT2D eigenvalue weighted by Gasteiger charge is -2.13. The number of hydrogen-bond acceptors (Lipinski definition) is 5. The summed E-state index contributed by atoms with van der Waals surface area (Å²) in [5, 5.41) is 10.6. The molecule has 1 atom stereocenters. The molecule has 0 bridgehead atoms. The molecule has 2 rings (SSSR count). The van der Waals surface area contributed by atoms with E-state index in [1.165, 1.54) is 0 Å². The van der Waals surface area contributed by atoms with E-state index in [9.17, 15) is 4.79 Å². The first kappa shape index (κ1) is 14.0. The Labute approximate surface area is 113 Å². The molecule has 1 saturated heterocycles. The van der Waals surface area contributed by atoms with E-state index in [0.29, 0.717) is 31.2 Å². The molecule has 0 aliphatic carbocycles. The van der Waals surface area contributed by atoms with Gasteiger partial charge in [0.1, 0.15) is 0 Å². The molecule has 1 aliphatic heterocycles. The van der Waals surface area contributed by atoms with Crippen LogP contribution in [0.2, 0.25) is 0 Å². The SMILES string of the molecule is CCN1CCC(CNC(=O)c2cn(CCN)nn2)C1. The zero-order chi connectivity index (χ0) is 13.7. The van der Waals surface area contributed by atoms with Crippen molar-refractivity contribution in [2.75, 3.05) is 32.7 Å². The molecule has 0 spiro atoms. The number of nitrogens with two attached hydrogens (primary N) is 1. The highest BCUT2D eigenvalue weighted by molar-refractivity contribution is 5.91. The van der Waals surface area contributed by atoms with Gasteiger partial charge in [-0.2, -0.15) is 0 Å². The zero-order valence-corrected chi connectivity index (χ0v) is 11.4. The van der Waals surface area contributed by atoms with Crippen LogP contribution in [0.1, 0.15) is 23.8 Å². The molecule has 0 saturated carbocycles. The zero-order valence-electron chi connectivity index (χ0n) is 11.4. The quantitative estimate of drug-likeness (QED) is 0.711.